The van der Waals surface area contributed by atoms with E-state index < -0.39 is 0 Å². The van der Waals surface area contributed by atoms with Crippen LogP contribution in [0.5, 0.6) is 0 Å². The Kier molecular flexibility index (Phi) is 5.22. The van der Waals surface area contributed by atoms with Crippen LogP contribution >= 0.6 is 0 Å². The monoisotopic (exact) mass is 357 g/mol. The molecule has 5 heteroatoms. The van der Waals surface area contributed by atoms with Crippen molar-refractivity contribution >= 4 is 0 Å². The molecule has 2 aromatic heterocycles. The Morgan fingerprint density at radius 1 is 1.27 bits per heavy atom. The zero-order chi connectivity index (χ0) is 18.9. The van der Waals surface area contributed by atoms with Gasteiger partial charge in [0, 0.05) is 36.0 Å². The molecule has 0 amide bonds. The molecule has 1 aliphatic carbocycles. The van der Waals surface area contributed by atoms with E-state index in [0.717, 1.165) is 30.2 Å². The molecule has 0 aromatic carbocycles. The number of furan rings is 1. The maximum atomic E-state index is 5.80. The molecule has 1 atom stereocenters. The molecular formula is C21H31N3O2. The summed E-state index contributed by atoms with van der Waals surface area (Å²) in [4.78, 5) is 9.58. The van der Waals surface area contributed by atoms with E-state index in [-0.39, 0.29) is 16.9 Å². The number of rotatable bonds is 5. The van der Waals surface area contributed by atoms with Crippen molar-refractivity contribution in [3.63, 3.8) is 0 Å². The Morgan fingerprint density at radius 2 is 2.00 bits per heavy atom. The zero-order valence-corrected chi connectivity index (χ0v) is 16.8. The topological polar surface area (TPSA) is 60.2 Å². The highest BCUT2D eigenvalue weighted by atomic mass is 16.5. The molecule has 0 saturated heterocycles. The van der Waals surface area contributed by atoms with Gasteiger partial charge in [0.25, 0.3) is 0 Å². The minimum absolute atomic E-state index is 0.0362. The SMILES string of the molecule is COCc1ccc(CNC2CC(C)(C)Cc3nc(C(C)(C)C)ncc32)o1. The van der Waals surface area contributed by atoms with Gasteiger partial charge in [0.1, 0.15) is 24.0 Å². The lowest BCUT2D eigenvalue weighted by molar-refractivity contribution is 0.162. The summed E-state index contributed by atoms with van der Waals surface area (Å²) in [6.45, 7) is 12.3. The first-order valence-electron chi connectivity index (χ1n) is 9.34. The van der Waals surface area contributed by atoms with Gasteiger partial charge in [-0.15, -0.1) is 0 Å². The van der Waals surface area contributed by atoms with Crippen LogP contribution in [0.2, 0.25) is 0 Å². The minimum Gasteiger partial charge on any atom is -0.462 e. The van der Waals surface area contributed by atoms with Crippen LogP contribution in [-0.2, 0) is 29.7 Å². The molecule has 0 saturated carbocycles. The lowest BCUT2D eigenvalue weighted by Crippen LogP contribution is -2.34. The van der Waals surface area contributed by atoms with Crippen molar-refractivity contribution in [3.8, 4) is 0 Å². The van der Waals surface area contributed by atoms with Crippen LogP contribution in [0.4, 0.5) is 0 Å². The number of aromatic nitrogens is 2. The molecule has 3 rings (SSSR count). The predicted octanol–water partition coefficient (Wildman–Crippen LogP) is 4.32. The quantitative estimate of drug-likeness (QED) is 0.864. The summed E-state index contributed by atoms with van der Waals surface area (Å²) < 4.78 is 10.9. The van der Waals surface area contributed by atoms with Crippen molar-refractivity contribution in [2.75, 3.05) is 7.11 Å². The molecule has 0 radical (unpaired) electrons. The molecule has 5 nitrogen and oxygen atoms in total. The van der Waals surface area contributed by atoms with E-state index in [1.807, 2.05) is 18.3 Å². The Hall–Kier alpha value is -1.72. The maximum absolute atomic E-state index is 5.80. The Labute approximate surface area is 156 Å². The third-order valence-corrected chi connectivity index (χ3v) is 4.88. The molecule has 0 spiro atoms. The van der Waals surface area contributed by atoms with E-state index in [9.17, 15) is 0 Å². The fourth-order valence-electron chi connectivity index (χ4n) is 3.55. The Balaban J connectivity index is 1.79. The van der Waals surface area contributed by atoms with Crippen molar-refractivity contribution in [1.82, 2.24) is 15.3 Å². The molecule has 26 heavy (non-hydrogen) atoms. The van der Waals surface area contributed by atoms with Crippen LogP contribution in [0.1, 0.15) is 75.7 Å². The smallest absolute Gasteiger partial charge is 0.133 e. The lowest BCUT2D eigenvalue weighted by atomic mass is 9.74. The second-order valence-corrected chi connectivity index (χ2v) is 9.13. The van der Waals surface area contributed by atoms with Gasteiger partial charge in [0.2, 0.25) is 0 Å². The normalized spacial score (nSPS) is 19.4. The molecule has 2 heterocycles. The van der Waals surface area contributed by atoms with Crippen molar-refractivity contribution in [2.24, 2.45) is 5.41 Å². The largest absolute Gasteiger partial charge is 0.462 e. The second kappa shape index (κ2) is 7.12. The van der Waals surface area contributed by atoms with E-state index in [1.54, 1.807) is 7.11 Å². The molecule has 0 aliphatic heterocycles. The molecule has 1 aliphatic rings. The summed E-state index contributed by atoms with van der Waals surface area (Å²) >= 11 is 0. The first-order chi connectivity index (χ1) is 12.2. The molecular weight excluding hydrogens is 326 g/mol. The van der Waals surface area contributed by atoms with E-state index >= 15 is 0 Å². The van der Waals surface area contributed by atoms with Crippen LogP contribution in [0, 0.1) is 5.41 Å². The van der Waals surface area contributed by atoms with Gasteiger partial charge in [-0.3, -0.25) is 0 Å². The van der Waals surface area contributed by atoms with E-state index in [1.165, 1.54) is 11.3 Å². The van der Waals surface area contributed by atoms with E-state index in [4.69, 9.17) is 14.1 Å². The average Bonchev–Trinajstić information content (AvgIpc) is 2.98. The van der Waals surface area contributed by atoms with Gasteiger partial charge in [0.05, 0.1) is 6.54 Å². The summed E-state index contributed by atoms with van der Waals surface area (Å²) in [5, 5.41) is 3.65. The molecule has 142 valence electrons. The highest BCUT2D eigenvalue weighted by Gasteiger charge is 2.34. The number of nitrogens with zero attached hydrogens (tertiary/aromatic N) is 2. The molecule has 2 aromatic rings. The first kappa shape index (κ1) is 19.1. The van der Waals surface area contributed by atoms with Crippen molar-refractivity contribution in [1.29, 1.82) is 0 Å². The van der Waals surface area contributed by atoms with Crippen LogP contribution in [0.15, 0.2) is 22.7 Å². The van der Waals surface area contributed by atoms with Gasteiger partial charge >= 0.3 is 0 Å². The highest BCUT2D eigenvalue weighted by molar-refractivity contribution is 5.28. The van der Waals surface area contributed by atoms with Gasteiger partial charge in [-0.05, 0) is 30.4 Å². The third-order valence-electron chi connectivity index (χ3n) is 4.88. The summed E-state index contributed by atoms with van der Waals surface area (Å²) in [6, 6.07) is 4.21. The molecule has 1 N–H and O–H groups in total. The Morgan fingerprint density at radius 3 is 2.69 bits per heavy atom. The van der Waals surface area contributed by atoms with Crippen LogP contribution in [-0.4, -0.2) is 17.1 Å². The average molecular weight is 357 g/mol. The van der Waals surface area contributed by atoms with Crippen molar-refractivity contribution in [3.05, 3.63) is 46.9 Å². The fourth-order valence-corrected chi connectivity index (χ4v) is 3.55. The van der Waals surface area contributed by atoms with E-state index in [2.05, 4.69) is 44.9 Å². The van der Waals surface area contributed by atoms with Gasteiger partial charge in [0.15, 0.2) is 0 Å². The van der Waals surface area contributed by atoms with Crippen LogP contribution < -0.4 is 5.32 Å². The Bertz CT molecular complexity index is 759. The number of nitrogens with one attached hydrogen (secondary N) is 1. The van der Waals surface area contributed by atoms with Gasteiger partial charge in [-0.25, -0.2) is 9.97 Å². The number of hydrogen-bond donors (Lipinski definition) is 1. The van der Waals surface area contributed by atoms with Crippen molar-refractivity contribution < 1.29 is 9.15 Å². The maximum Gasteiger partial charge on any atom is 0.133 e. The summed E-state index contributed by atoms with van der Waals surface area (Å²) in [5.41, 5.74) is 2.57. The number of hydrogen-bond acceptors (Lipinski definition) is 5. The number of ether oxygens (including phenoxy) is 1. The summed E-state index contributed by atoms with van der Waals surface area (Å²) in [5.74, 6) is 2.70. The summed E-state index contributed by atoms with van der Waals surface area (Å²) in [6.07, 6.45) is 4.07. The fraction of sp³-hybridized carbons (Fsp3) is 0.619. The number of methoxy groups -OCH3 is 1. The number of fused-ring (bicyclic) bond motifs is 1. The lowest BCUT2D eigenvalue weighted by Gasteiger charge is -2.37. The van der Waals surface area contributed by atoms with Crippen LogP contribution in [0.25, 0.3) is 0 Å². The van der Waals surface area contributed by atoms with E-state index in [0.29, 0.717) is 13.2 Å². The summed E-state index contributed by atoms with van der Waals surface area (Å²) in [7, 11) is 1.67. The zero-order valence-electron chi connectivity index (χ0n) is 16.8. The molecule has 0 fully saturated rings. The second-order valence-electron chi connectivity index (χ2n) is 9.13. The van der Waals surface area contributed by atoms with Gasteiger partial charge in [-0.1, -0.05) is 34.6 Å². The molecule has 1 unspecified atom stereocenters. The standard InChI is InChI=1S/C21H31N3O2/c1-20(2,3)19-23-12-16-17(9-21(4,5)10-18(16)24-19)22-11-14-7-8-15(26-14)13-25-6/h7-8,12,17,22H,9-11,13H2,1-6H3. The van der Waals surface area contributed by atoms with Crippen molar-refractivity contribution in [2.45, 2.75) is 72.1 Å². The minimum atomic E-state index is -0.0362. The van der Waals surface area contributed by atoms with Crippen LogP contribution in [0.3, 0.4) is 0 Å². The highest BCUT2D eigenvalue weighted by Crippen LogP contribution is 2.40. The predicted molar refractivity (Wildman–Crippen MR) is 102 cm³/mol. The molecule has 0 bridgehead atoms. The third kappa shape index (κ3) is 4.33. The van der Waals surface area contributed by atoms with Gasteiger partial charge < -0.3 is 14.5 Å². The van der Waals surface area contributed by atoms with Gasteiger partial charge in [-0.2, -0.15) is 0 Å². The first-order valence-corrected chi connectivity index (χ1v) is 9.34.